The molecule has 0 aliphatic rings. The van der Waals surface area contributed by atoms with Crippen LogP contribution in [0.5, 0.6) is 0 Å². The number of aryl methyl sites for hydroxylation is 2. The molecule has 0 unspecified atom stereocenters. The molecule has 4 heteroatoms. The molecule has 19 heavy (non-hydrogen) atoms. The molecule has 0 spiro atoms. The van der Waals surface area contributed by atoms with Gasteiger partial charge in [-0.1, -0.05) is 41.5 Å². The minimum atomic E-state index is 0.520. The van der Waals surface area contributed by atoms with Gasteiger partial charge in [0.1, 0.15) is 10.5 Å². The van der Waals surface area contributed by atoms with Crippen LogP contribution < -0.4 is 0 Å². The van der Waals surface area contributed by atoms with E-state index in [0.29, 0.717) is 11.2 Å². The summed E-state index contributed by atoms with van der Waals surface area (Å²) < 4.78 is 5.72. The van der Waals surface area contributed by atoms with Gasteiger partial charge in [0.15, 0.2) is 0 Å². The Bertz CT molecular complexity index is 614. The summed E-state index contributed by atoms with van der Waals surface area (Å²) >= 11 is 5.18. The number of rotatable bonds is 4. The van der Waals surface area contributed by atoms with Gasteiger partial charge in [-0.05, 0) is 25.5 Å². The smallest absolute Gasteiger partial charge is 0.130 e. The molecule has 0 saturated heterocycles. The number of benzene rings is 1. The molecule has 1 N–H and O–H groups in total. The Hall–Kier alpha value is -1.52. The second-order valence-electron chi connectivity index (χ2n) is 4.80. The van der Waals surface area contributed by atoms with E-state index in [1.54, 1.807) is 7.11 Å². The molecule has 1 aromatic heterocycles. The third-order valence-corrected chi connectivity index (χ3v) is 3.01. The van der Waals surface area contributed by atoms with E-state index in [0.717, 1.165) is 17.9 Å². The summed E-state index contributed by atoms with van der Waals surface area (Å²) in [7, 11) is 1.67. The molecule has 1 aromatic carbocycles. The predicted octanol–water partition coefficient (Wildman–Crippen LogP) is 3.49. The number of aromatic amines is 1. The van der Waals surface area contributed by atoms with Crippen LogP contribution >= 0.6 is 12.2 Å². The van der Waals surface area contributed by atoms with Crippen LogP contribution in [-0.2, 0) is 17.8 Å². The van der Waals surface area contributed by atoms with Crippen molar-refractivity contribution < 1.29 is 4.74 Å². The highest BCUT2D eigenvalue weighted by Gasteiger charge is 2.02. The third kappa shape index (κ3) is 3.98. The summed E-state index contributed by atoms with van der Waals surface area (Å²) in [6.45, 7) is 4.73. The molecule has 3 nitrogen and oxygen atoms in total. The van der Waals surface area contributed by atoms with Gasteiger partial charge in [0.2, 0.25) is 0 Å². The molecule has 0 bridgehead atoms. The van der Waals surface area contributed by atoms with Crippen molar-refractivity contribution in [3.8, 4) is 0 Å². The van der Waals surface area contributed by atoms with E-state index in [9.17, 15) is 0 Å². The van der Waals surface area contributed by atoms with E-state index in [4.69, 9.17) is 17.0 Å². The lowest BCUT2D eigenvalue weighted by Gasteiger charge is -2.07. The number of nitrogens with one attached hydrogen (secondary N) is 1. The molecule has 100 valence electrons. The van der Waals surface area contributed by atoms with E-state index < -0.39 is 0 Å². The fourth-order valence-corrected chi connectivity index (χ4v) is 2.50. The van der Waals surface area contributed by atoms with Crippen LogP contribution in [0.2, 0.25) is 0 Å². The van der Waals surface area contributed by atoms with Gasteiger partial charge < -0.3 is 9.72 Å². The maximum Gasteiger partial charge on any atom is 0.130 e. The monoisotopic (exact) mass is 274 g/mol. The van der Waals surface area contributed by atoms with Crippen LogP contribution in [0.1, 0.15) is 28.2 Å². The lowest BCUT2D eigenvalue weighted by atomic mass is 10.0. The number of H-pyrrole nitrogens is 1. The molecule has 0 radical (unpaired) electrons. The van der Waals surface area contributed by atoms with Gasteiger partial charge in [0, 0.05) is 19.2 Å². The molecular formula is C15H18N2OS. The van der Waals surface area contributed by atoms with Crippen LogP contribution in [0.25, 0.3) is 0 Å². The molecule has 1 heterocycles. The van der Waals surface area contributed by atoms with E-state index in [-0.39, 0.29) is 0 Å². The highest BCUT2D eigenvalue weighted by atomic mass is 32.1. The van der Waals surface area contributed by atoms with Crippen molar-refractivity contribution in [2.45, 2.75) is 26.9 Å². The van der Waals surface area contributed by atoms with Gasteiger partial charge in [-0.25, -0.2) is 4.98 Å². The summed E-state index contributed by atoms with van der Waals surface area (Å²) in [5, 5.41) is 0. The van der Waals surface area contributed by atoms with Gasteiger partial charge in [-0.2, -0.15) is 0 Å². The first-order valence-corrected chi connectivity index (χ1v) is 6.63. The van der Waals surface area contributed by atoms with Crippen molar-refractivity contribution in [3.63, 3.8) is 0 Å². The van der Waals surface area contributed by atoms with Crippen molar-refractivity contribution in [1.29, 1.82) is 0 Å². The van der Waals surface area contributed by atoms with Crippen LogP contribution in [0, 0.1) is 18.5 Å². The minimum Gasteiger partial charge on any atom is -0.378 e. The Morgan fingerprint density at radius 2 is 1.84 bits per heavy atom. The maximum atomic E-state index is 5.18. The first kappa shape index (κ1) is 13.9. The average molecular weight is 274 g/mol. The molecule has 0 amide bonds. The zero-order chi connectivity index (χ0) is 13.8. The lowest BCUT2D eigenvalue weighted by molar-refractivity contribution is 0.181. The van der Waals surface area contributed by atoms with Crippen molar-refractivity contribution in [3.05, 3.63) is 57.1 Å². The van der Waals surface area contributed by atoms with Crippen molar-refractivity contribution in [1.82, 2.24) is 9.97 Å². The zero-order valence-electron chi connectivity index (χ0n) is 11.5. The summed E-state index contributed by atoms with van der Waals surface area (Å²) in [6, 6.07) is 8.35. The topological polar surface area (TPSA) is 37.9 Å². The Labute approximate surface area is 118 Å². The highest BCUT2D eigenvalue weighted by Crippen LogP contribution is 2.12. The fourth-order valence-electron chi connectivity index (χ4n) is 2.25. The van der Waals surface area contributed by atoms with Gasteiger partial charge >= 0.3 is 0 Å². The Morgan fingerprint density at radius 1 is 1.16 bits per heavy atom. The van der Waals surface area contributed by atoms with Crippen molar-refractivity contribution in [2.75, 3.05) is 7.11 Å². The van der Waals surface area contributed by atoms with Crippen molar-refractivity contribution in [2.24, 2.45) is 0 Å². The number of aromatic nitrogens is 2. The molecule has 0 aliphatic carbocycles. The number of nitrogens with zero attached hydrogens (tertiary/aromatic N) is 1. The maximum absolute atomic E-state index is 5.18. The van der Waals surface area contributed by atoms with Crippen molar-refractivity contribution >= 4 is 12.2 Å². The summed E-state index contributed by atoms with van der Waals surface area (Å²) in [5.74, 6) is 0.879. The first-order chi connectivity index (χ1) is 9.06. The van der Waals surface area contributed by atoms with Crippen LogP contribution in [0.15, 0.2) is 24.3 Å². The SMILES string of the molecule is COCc1cc(=S)nc(Cc2cc(C)cc(C)c2)[nH]1. The Kier molecular flexibility index (Phi) is 4.45. The van der Waals surface area contributed by atoms with Crippen LogP contribution in [0.4, 0.5) is 0 Å². The van der Waals surface area contributed by atoms with E-state index in [1.807, 2.05) is 6.07 Å². The number of ether oxygens (including phenoxy) is 1. The van der Waals surface area contributed by atoms with Crippen LogP contribution in [-0.4, -0.2) is 17.1 Å². The van der Waals surface area contributed by atoms with Gasteiger partial charge in [-0.3, -0.25) is 0 Å². The summed E-state index contributed by atoms with van der Waals surface area (Å²) in [4.78, 5) is 7.65. The highest BCUT2D eigenvalue weighted by molar-refractivity contribution is 7.71. The van der Waals surface area contributed by atoms with E-state index >= 15 is 0 Å². The normalized spacial score (nSPS) is 10.7. The standard InChI is InChI=1S/C15H18N2OS/c1-10-4-11(2)6-12(5-10)7-14-16-13(9-18-3)8-15(19)17-14/h4-6,8H,7,9H2,1-3H3,(H,16,17,19). The molecule has 0 atom stereocenters. The fraction of sp³-hybridized carbons (Fsp3) is 0.333. The molecule has 2 rings (SSSR count). The van der Waals surface area contributed by atoms with Gasteiger partial charge in [0.25, 0.3) is 0 Å². The second kappa shape index (κ2) is 6.08. The summed E-state index contributed by atoms with van der Waals surface area (Å²) in [6.07, 6.45) is 0.754. The molecule has 0 fully saturated rings. The van der Waals surface area contributed by atoms with E-state index in [1.165, 1.54) is 16.7 Å². The van der Waals surface area contributed by atoms with Gasteiger partial charge in [-0.15, -0.1) is 0 Å². The zero-order valence-corrected chi connectivity index (χ0v) is 12.3. The average Bonchev–Trinajstić information content (AvgIpc) is 2.26. The Balaban J connectivity index is 2.29. The lowest BCUT2D eigenvalue weighted by Crippen LogP contribution is -2.02. The second-order valence-corrected chi connectivity index (χ2v) is 5.22. The number of methoxy groups -OCH3 is 1. The molecule has 0 saturated carbocycles. The predicted molar refractivity (Wildman–Crippen MR) is 78.9 cm³/mol. The Morgan fingerprint density at radius 3 is 2.47 bits per heavy atom. The minimum absolute atomic E-state index is 0.520. The number of hydrogen-bond donors (Lipinski definition) is 1. The largest absolute Gasteiger partial charge is 0.378 e. The number of hydrogen-bond acceptors (Lipinski definition) is 3. The van der Waals surface area contributed by atoms with Crippen LogP contribution in [0.3, 0.4) is 0 Å². The molecule has 2 aromatic rings. The van der Waals surface area contributed by atoms with Gasteiger partial charge in [0.05, 0.1) is 6.61 Å². The quantitative estimate of drug-likeness (QED) is 0.867. The summed E-state index contributed by atoms with van der Waals surface area (Å²) in [5.41, 5.74) is 4.73. The first-order valence-electron chi connectivity index (χ1n) is 6.22. The third-order valence-electron chi connectivity index (χ3n) is 2.80. The molecule has 0 aliphatic heterocycles. The molecular weight excluding hydrogens is 256 g/mol. The van der Waals surface area contributed by atoms with E-state index in [2.05, 4.69) is 42.0 Å².